The van der Waals surface area contributed by atoms with Crippen molar-refractivity contribution < 1.29 is 9.84 Å². The Bertz CT molecular complexity index is 467. The van der Waals surface area contributed by atoms with Gasteiger partial charge in [-0.25, -0.2) is 0 Å². The summed E-state index contributed by atoms with van der Waals surface area (Å²) in [5.41, 5.74) is 7.03. The third kappa shape index (κ3) is 3.45. The second kappa shape index (κ2) is 6.78. The minimum atomic E-state index is 0.152. The molecular weight excluding hydrogens is 320 g/mol. The molecule has 5 heteroatoms. The summed E-state index contributed by atoms with van der Waals surface area (Å²) in [6.07, 6.45) is 2.37. The zero-order chi connectivity index (χ0) is 14.7. The number of methoxy groups -OCH3 is 1. The molecule has 2 unspecified atom stereocenters. The zero-order valence-electron chi connectivity index (χ0n) is 12.1. The van der Waals surface area contributed by atoms with E-state index >= 15 is 0 Å². The molecule has 0 saturated carbocycles. The van der Waals surface area contributed by atoms with Crippen LogP contribution in [-0.2, 0) is 6.54 Å². The van der Waals surface area contributed by atoms with E-state index in [-0.39, 0.29) is 5.75 Å². The van der Waals surface area contributed by atoms with Gasteiger partial charge in [0.05, 0.1) is 11.6 Å². The SMILES string of the molecule is COc1cc(CN2CCC(C)CC2CN)cc(Br)c1O. The molecule has 2 atom stereocenters. The molecule has 0 radical (unpaired) electrons. The van der Waals surface area contributed by atoms with Gasteiger partial charge in [0.1, 0.15) is 0 Å². The lowest BCUT2D eigenvalue weighted by Crippen LogP contribution is -2.45. The van der Waals surface area contributed by atoms with Gasteiger partial charge in [-0.05, 0) is 58.9 Å². The highest BCUT2D eigenvalue weighted by Crippen LogP contribution is 2.36. The molecule has 0 amide bonds. The molecule has 0 bridgehead atoms. The van der Waals surface area contributed by atoms with E-state index in [4.69, 9.17) is 10.5 Å². The number of benzene rings is 1. The highest BCUT2D eigenvalue weighted by Gasteiger charge is 2.25. The molecule has 112 valence electrons. The Morgan fingerprint density at radius 2 is 2.25 bits per heavy atom. The first-order valence-corrected chi connectivity index (χ1v) is 7.84. The summed E-state index contributed by atoms with van der Waals surface area (Å²) in [5, 5.41) is 9.86. The average molecular weight is 343 g/mol. The Morgan fingerprint density at radius 3 is 2.90 bits per heavy atom. The maximum Gasteiger partial charge on any atom is 0.172 e. The van der Waals surface area contributed by atoms with Crippen LogP contribution >= 0.6 is 15.9 Å². The summed E-state index contributed by atoms with van der Waals surface area (Å²) in [6.45, 7) is 4.90. The molecule has 1 aromatic rings. The van der Waals surface area contributed by atoms with Crippen molar-refractivity contribution in [1.29, 1.82) is 0 Å². The molecule has 1 aliphatic rings. The van der Waals surface area contributed by atoms with Crippen molar-refractivity contribution >= 4 is 15.9 Å². The van der Waals surface area contributed by atoms with Crippen LogP contribution in [0.5, 0.6) is 11.5 Å². The summed E-state index contributed by atoms with van der Waals surface area (Å²) in [4.78, 5) is 2.43. The predicted molar refractivity (Wildman–Crippen MR) is 84.0 cm³/mol. The van der Waals surface area contributed by atoms with Crippen LogP contribution < -0.4 is 10.5 Å². The van der Waals surface area contributed by atoms with Gasteiger partial charge >= 0.3 is 0 Å². The minimum absolute atomic E-state index is 0.152. The lowest BCUT2D eigenvalue weighted by Gasteiger charge is -2.38. The number of hydrogen-bond donors (Lipinski definition) is 2. The fraction of sp³-hybridized carbons (Fsp3) is 0.600. The van der Waals surface area contributed by atoms with Crippen molar-refractivity contribution in [3.63, 3.8) is 0 Å². The molecule has 3 N–H and O–H groups in total. The molecule has 0 aliphatic carbocycles. The van der Waals surface area contributed by atoms with E-state index in [0.717, 1.165) is 31.0 Å². The van der Waals surface area contributed by atoms with E-state index in [1.165, 1.54) is 6.42 Å². The van der Waals surface area contributed by atoms with Gasteiger partial charge in [0.15, 0.2) is 11.5 Å². The van der Waals surface area contributed by atoms with Crippen molar-refractivity contribution in [2.75, 3.05) is 20.2 Å². The molecule has 2 rings (SSSR count). The van der Waals surface area contributed by atoms with E-state index in [0.29, 0.717) is 22.8 Å². The lowest BCUT2D eigenvalue weighted by atomic mass is 9.92. The highest BCUT2D eigenvalue weighted by molar-refractivity contribution is 9.10. The van der Waals surface area contributed by atoms with E-state index < -0.39 is 0 Å². The van der Waals surface area contributed by atoms with Gasteiger partial charge in [-0.2, -0.15) is 0 Å². The van der Waals surface area contributed by atoms with Crippen LogP contribution in [0.2, 0.25) is 0 Å². The summed E-state index contributed by atoms with van der Waals surface area (Å²) >= 11 is 3.37. The molecule has 0 aromatic heterocycles. The molecule has 20 heavy (non-hydrogen) atoms. The third-order valence-electron chi connectivity index (χ3n) is 4.07. The van der Waals surface area contributed by atoms with E-state index in [2.05, 4.69) is 27.8 Å². The van der Waals surface area contributed by atoms with Crippen LogP contribution in [0.15, 0.2) is 16.6 Å². The quantitative estimate of drug-likeness (QED) is 0.883. The zero-order valence-corrected chi connectivity index (χ0v) is 13.7. The molecule has 1 aromatic carbocycles. The van der Waals surface area contributed by atoms with Gasteiger partial charge < -0.3 is 15.6 Å². The first kappa shape index (κ1) is 15.6. The number of ether oxygens (including phenoxy) is 1. The summed E-state index contributed by atoms with van der Waals surface area (Å²) in [5.74, 6) is 1.41. The predicted octanol–water partition coefficient (Wildman–Crippen LogP) is 2.72. The van der Waals surface area contributed by atoms with Crippen LogP contribution in [0.4, 0.5) is 0 Å². The molecule has 1 fully saturated rings. The summed E-state index contributed by atoms with van der Waals surface area (Å²) < 4.78 is 5.87. The van der Waals surface area contributed by atoms with Gasteiger partial charge in [-0.15, -0.1) is 0 Å². The first-order chi connectivity index (χ1) is 9.55. The molecule has 1 saturated heterocycles. The number of likely N-dealkylation sites (tertiary alicyclic amines) is 1. The van der Waals surface area contributed by atoms with Crippen molar-refractivity contribution in [3.05, 3.63) is 22.2 Å². The Morgan fingerprint density at radius 1 is 1.50 bits per heavy atom. The van der Waals surface area contributed by atoms with Gasteiger partial charge in [0.2, 0.25) is 0 Å². The van der Waals surface area contributed by atoms with Gasteiger partial charge in [-0.3, -0.25) is 4.90 Å². The Labute approximate surface area is 129 Å². The summed E-state index contributed by atoms with van der Waals surface area (Å²) in [6, 6.07) is 4.28. The van der Waals surface area contributed by atoms with Gasteiger partial charge in [0, 0.05) is 19.1 Å². The maximum atomic E-state index is 9.86. The van der Waals surface area contributed by atoms with Crippen molar-refractivity contribution in [2.24, 2.45) is 11.7 Å². The molecule has 1 heterocycles. The van der Waals surface area contributed by atoms with Crippen LogP contribution in [-0.4, -0.2) is 36.2 Å². The normalized spacial score (nSPS) is 23.8. The van der Waals surface area contributed by atoms with Crippen LogP contribution in [0, 0.1) is 5.92 Å². The number of aromatic hydroxyl groups is 1. The van der Waals surface area contributed by atoms with Crippen molar-refractivity contribution in [1.82, 2.24) is 4.90 Å². The van der Waals surface area contributed by atoms with E-state index in [9.17, 15) is 5.11 Å². The number of hydrogen-bond acceptors (Lipinski definition) is 4. The van der Waals surface area contributed by atoms with E-state index in [1.54, 1.807) is 7.11 Å². The average Bonchev–Trinajstić information content (AvgIpc) is 2.44. The topological polar surface area (TPSA) is 58.7 Å². The smallest absolute Gasteiger partial charge is 0.172 e. The highest BCUT2D eigenvalue weighted by atomic mass is 79.9. The van der Waals surface area contributed by atoms with E-state index in [1.807, 2.05) is 12.1 Å². The standard InChI is InChI=1S/C15H23BrN2O2/c1-10-3-4-18(12(5-10)8-17)9-11-6-13(16)15(19)14(7-11)20-2/h6-7,10,12,19H,3-5,8-9,17H2,1-2H3. The van der Waals surface area contributed by atoms with Gasteiger partial charge in [0.25, 0.3) is 0 Å². The minimum Gasteiger partial charge on any atom is -0.503 e. The number of nitrogens with two attached hydrogens (primary N) is 1. The number of rotatable bonds is 4. The molecule has 0 spiro atoms. The number of phenols is 1. The van der Waals surface area contributed by atoms with Crippen molar-refractivity contribution in [3.8, 4) is 11.5 Å². The lowest BCUT2D eigenvalue weighted by molar-refractivity contribution is 0.115. The van der Waals surface area contributed by atoms with Crippen LogP contribution in [0.3, 0.4) is 0 Å². The van der Waals surface area contributed by atoms with Crippen LogP contribution in [0.1, 0.15) is 25.3 Å². The molecule has 4 nitrogen and oxygen atoms in total. The van der Waals surface area contributed by atoms with Gasteiger partial charge in [-0.1, -0.05) is 6.92 Å². The number of halogens is 1. The maximum absolute atomic E-state index is 9.86. The Hall–Kier alpha value is -0.780. The number of nitrogens with zero attached hydrogens (tertiary/aromatic N) is 1. The largest absolute Gasteiger partial charge is 0.503 e. The number of phenolic OH excluding ortho intramolecular Hbond substituents is 1. The molecule has 1 aliphatic heterocycles. The summed E-state index contributed by atoms with van der Waals surface area (Å²) in [7, 11) is 1.57. The monoisotopic (exact) mass is 342 g/mol. The fourth-order valence-corrected chi connectivity index (χ4v) is 3.35. The fourth-order valence-electron chi connectivity index (χ4n) is 2.86. The second-order valence-electron chi connectivity index (χ2n) is 5.62. The second-order valence-corrected chi connectivity index (χ2v) is 6.47. The first-order valence-electron chi connectivity index (χ1n) is 7.04. The number of piperidine rings is 1. The van der Waals surface area contributed by atoms with Crippen molar-refractivity contribution in [2.45, 2.75) is 32.4 Å². The van der Waals surface area contributed by atoms with Crippen LogP contribution in [0.25, 0.3) is 0 Å². The Kier molecular flexibility index (Phi) is 5.29. The third-order valence-corrected chi connectivity index (χ3v) is 4.67. The molecular formula is C15H23BrN2O2. The Balaban J connectivity index is 2.15.